The van der Waals surface area contributed by atoms with E-state index < -0.39 is 0 Å². The minimum absolute atomic E-state index is 0.0404. The summed E-state index contributed by atoms with van der Waals surface area (Å²) >= 11 is 0. The Morgan fingerprint density at radius 3 is 2.55 bits per heavy atom. The number of carbonyl (C=O) groups is 1. The van der Waals surface area contributed by atoms with Gasteiger partial charge in [0.1, 0.15) is 0 Å². The van der Waals surface area contributed by atoms with E-state index in [0.29, 0.717) is 12.6 Å². The minimum atomic E-state index is 0.0404. The molecule has 1 aromatic carbocycles. The fraction of sp³-hybridized carbons (Fsp3) is 0.636. The van der Waals surface area contributed by atoms with Gasteiger partial charge in [0, 0.05) is 39.8 Å². The molecule has 1 aliphatic carbocycles. The summed E-state index contributed by atoms with van der Waals surface area (Å²) in [6.07, 6.45) is 4.83. The van der Waals surface area contributed by atoms with Crippen molar-refractivity contribution in [3.05, 3.63) is 35.4 Å². The Morgan fingerprint density at radius 2 is 1.86 bits per heavy atom. The highest BCUT2D eigenvalue weighted by atomic mass is 16.5. The normalized spacial score (nSPS) is 18.6. The number of carbonyl (C=O) groups excluding carboxylic acids is 1. The lowest BCUT2D eigenvalue weighted by molar-refractivity contribution is -0.127. The molecule has 1 aliphatic heterocycles. The molecule has 0 atom stereocenters. The van der Waals surface area contributed by atoms with Crippen LogP contribution in [0.15, 0.2) is 29.3 Å². The molecule has 0 unspecified atom stereocenters. The number of likely N-dealkylation sites (N-methyl/N-ethyl adjacent to an activating group) is 1. The van der Waals surface area contributed by atoms with Gasteiger partial charge in [0.15, 0.2) is 5.96 Å². The van der Waals surface area contributed by atoms with Gasteiger partial charge in [-0.3, -0.25) is 9.69 Å². The molecule has 160 valence electrons. The van der Waals surface area contributed by atoms with Gasteiger partial charge < -0.3 is 20.3 Å². The zero-order valence-electron chi connectivity index (χ0n) is 17.8. The molecule has 2 fully saturated rings. The third kappa shape index (κ3) is 7.01. The summed E-state index contributed by atoms with van der Waals surface area (Å²) in [5, 5.41) is 6.74. The van der Waals surface area contributed by atoms with E-state index in [1.165, 1.54) is 24.0 Å². The van der Waals surface area contributed by atoms with Crippen molar-refractivity contribution in [2.75, 3.05) is 46.9 Å². The molecule has 2 aliphatic rings. The van der Waals surface area contributed by atoms with Crippen LogP contribution in [0, 0.1) is 0 Å². The molecule has 1 saturated heterocycles. The number of ether oxygens (including phenoxy) is 1. The SMILES string of the molecule is CN(C)C(=O)CNC(=NCc1ccccc1CN1CCOCC1)NC1CCCC1. The number of nitrogens with zero attached hydrogens (tertiary/aromatic N) is 3. The second kappa shape index (κ2) is 11.2. The zero-order valence-corrected chi connectivity index (χ0v) is 17.8. The monoisotopic (exact) mass is 401 g/mol. The van der Waals surface area contributed by atoms with Gasteiger partial charge in [-0.1, -0.05) is 37.1 Å². The number of morpholine rings is 1. The van der Waals surface area contributed by atoms with Crippen LogP contribution in [-0.4, -0.2) is 74.7 Å². The number of hydrogen-bond donors (Lipinski definition) is 2. The number of rotatable bonds is 7. The van der Waals surface area contributed by atoms with Crippen LogP contribution in [0.2, 0.25) is 0 Å². The van der Waals surface area contributed by atoms with Gasteiger partial charge in [-0.2, -0.15) is 0 Å². The van der Waals surface area contributed by atoms with E-state index in [0.717, 1.165) is 51.6 Å². The first-order valence-corrected chi connectivity index (χ1v) is 10.7. The van der Waals surface area contributed by atoms with E-state index in [2.05, 4.69) is 39.8 Å². The molecule has 7 nitrogen and oxygen atoms in total. The van der Waals surface area contributed by atoms with Crippen LogP contribution in [0.25, 0.3) is 0 Å². The fourth-order valence-corrected chi connectivity index (χ4v) is 3.76. The summed E-state index contributed by atoms with van der Waals surface area (Å²) in [7, 11) is 3.54. The third-order valence-corrected chi connectivity index (χ3v) is 5.63. The zero-order chi connectivity index (χ0) is 20.5. The highest BCUT2D eigenvalue weighted by Crippen LogP contribution is 2.18. The highest BCUT2D eigenvalue weighted by Gasteiger charge is 2.17. The van der Waals surface area contributed by atoms with Gasteiger partial charge in [-0.15, -0.1) is 0 Å². The fourth-order valence-electron chi connectivity index (χ4n) is 3.76. The topological polar surface area (TPSA) is 69.2 Å². The lowest BCUT2D eigenvalue weighted by Gasteiger charge is -2.27. The van der Waals surface area contributed by atoms with Crippen molar-refractivity contribution in [2.24, 2.45) is 4.99 Å². The lowest BCUT2D eigenvalue weighted by atomic mass is 10.1. The molecule has 3 rings (SSSR count). The molecule has 1 amide bonds. The van der Waals surface area contributed by atoms with Crippen molar-refractivity contribution in [1.29, 1.82) is 0 Å². The predicted molar refractivity (Wildman–Crippen MR) is 116 cm³/mol. The maximum absolute atomic E-state index is 12.0. The second-order valence-corrected chi connectivity index (χ2v) is 8.09. The molecule has 29 heavy (non-hydrogen) atoms. The number of nitrogens with one attached hydrogen (secondary N) is 2. The van der Waals surface area contributed by atoms with Crippen LogP contribution in [0.3, 0.4) is 0 Å². The number of aliphatic imine (C=N–C) groups is 1. The van der Waals surface area contributed by atoms with E-state index in [4.69, 9.17) is 9.73 Å². The van der Waals surface area contributed by atoms with Gasteiger partial charge in [-0.25, -0.2) is 4.99 Å². The number of hydrogen-bond acceptors (Lipinski definition) is 4. The van der Waals surface area contributed by atoms with E-state index in [-0.39, 0.29) is 12.5 Å². The van der Waals surface area contributed by atoms with Crippen LogP contribution in [0.1, 0.15) is 36.8 Å². The van der Waals surface area contributed by atoms with Crippen LogP contribution < -0.4 is 10.6 Å². The second-order valence-electron chi connectivity index (χ2n) is 8.09. The van der Waals surface area contributed by atoms with E-state index >= 15 is 0 Å². The molecule has 1 aromatic rings. The van der Waals surface area contributed by atoms with Crippen molar-refractivity contribution < 1.29 is 9.53 Å². The molecular weight excluding hydrogens is 366 g/mol. The maximum Gasteiger partial charge on any atom is 0.241 e. The Morgan fingerprint density at radius 1 is 1.17 bits per heavy atom. The summed E-state index contributed by atoms with van der Waals surface area (Å²) in [5.74, 6) is 0.770. The van der Waals surface area contributed by atoms with Gasteiger partial charge in [0.2, 0.25) is 5.91 Å². The Bertz CT molecular complexity index is 680. The molecule has 7 heteroatoms. The first-order chi connectivity index (χ1) is 14.1. The predicted octanol–water partition coefficient (Wildman–Crippen LogP) is 1.58. The lowest BCUT2D eigenvalue weighted by Crippen LogP contribution is -2.46. The summed E-state index contributed by atoms with van der Waals surface area (Å²) < 4.78 is 5.46. The molecule has 0 aromatic heterocycles. The van der Waals surface area contributed by atoms with Gasteiger partial charge in [0.05, 0.1) is 26.3 Å². The Labute approximate surface area is 174 Å². The largest absolute Gasteiger partial charge is 0.379 e. The summed E-state index contributed by atoms with van der Waals surface area (Å²) in [5.41, 5.74) is 2.54. The molecule has 1 heterocycles. The molecule has 0 spiro atoms. The summed E-state index contributed by atoms with van der Waals surface area (Å²) in [6, 6.07) is 8.94. The van der Waals surface area contributed by atoms with E-state index in [9.17, 15) is 4.79 Å². The van der Waals surface area contributed by atoms with Gasteiger partial charge in [0.25, 0.3) is 0 Å². The average Bonchev–Trinajstić information content (AvgIpc) is 3.24. The van der Waals surface area contributed by atoms with Crippen molar-refractivity contribution in [2.45, 2.75) is 44.8 Å². The number of benzene rings is 1. The van der Waals surface area contributed by atoms with Crippen LogP contribution >= 0.6 is 0 Å². The molecule has 0 radical (unpaired) electrons. The van der Waals surface area contributed by atoms with Crippen LogP contribution in [0.4, 0.5) is 0 Å². The minimum Gasteiger partial charge on any atom is -0.379 e. The van der Waals surface area contributed by atoms with Crippen LogP contribution in [0.5, 0.6) is 0 Å². The van der Waals surface area contributed by atoms with Gasteiger partial charge >= 0.3 is 0 Å². The highest BCUT2D eigenvalue weighted by molar-refractivity contribution is 5.86. The molecular formula is C22H35N5O2. The molecule has 1 saturated carbocycles. The van der Waals surface area contributed by atoms with Crippen LogP contribution in [-0.2, 0) is 22.6 Å². The third-order valence-electron chi connectivity index (χ3n) is 5.63. The molecule has 2 N–H and O–H groups in total. The Hall–Kier alpha value is -2.12. The maximum atomic E-state index is 12.0. The number of amides is 1. The van der Waals surface area contributed by atoms with E-state index in [1.807, 2.05) is 0 Å². The van der Waals surface area contributed by atoms with Crippen molar-refractivity contribution in [3.63, 3.8) is 0 Å². The van der Waals surface area contributed by atoms with Crippen molar-refractivity contribution in [1.82, 2.24) is 20.4 Å². The first-order valence-electron chi connectivity index (χ1n) is 10.7. The quantitative estimate of drug-likeness (QED) is 0.536. The standard InChI is InChI=1S/C22H35N5O2/c1-26(2)21(28)16-24-22(25-20-9-5-6-10-20)23-15-18-7-3-4-8-19(18)17-27-11-13-29-14-12-27/h3-4,7-8,20H,5-6,9-17H2,1-2H3,(H2,23,24,25). The smallest absolute Gasteiger partial charge is 0.241 e. The molecule has 0 bridgehead atoms. The summed E-state index contributed by atoms with van der Waals surface area (Å²) in [4.78, 5) is 20.8. The van der Waals surface area contributed by atoms with Crippen molar-refractivity contribution >= 4 is 11.9 Å². The summed E-state index contributed by atoms with van der Waals surface area (Å²) in [6.45, 7) is 5.33. The average molecular weight is 402 g/mol. The van der Waals surface area contributed by atoms with Gasteiger partial charge in [-0.05, 0) is 24.0 Å². The van der Waals surface area contributed by atoms with E-state index in [1.54, 1.807) is 19.0 Å². The van der Waals surface area contributed by atoms with Crippen molar-refractivity contribution in [3.8, 4) is 0 Å². The number of guanidine groups is 1. The Kier molecular flexibility index (Phi) is 8.31. The first kappa shape index (κ1) is 21.6. The Balaban J connectivity index is 1.65.